The molecule has 2 aliphatic rings. The molecule has 1 N–H and O–H groups in total. The molecule has 0 fully saturated rings. The third-order valence-corrected chi connectivity index (χ3v) is 8.12. The van der Waals surface area contributed by atoms with Crippen molar-refractivity contribution in [1.82, 2.24) is 24.6 Å². The quantitative estimate of drug-likeness (QED) is 0.241. The summed E-state index contributed by atoms with van der Waals surface area (Å²) >= 11 is 0. The van der Waals surface area contributed by atoms with Gasteiger partial charge in [0.05, 0.1) is 17.6 Å². The Morgan fingerprint density at radius 1 is 1.00 bits per heavy atom. The SMILES string of the molecule is Cc1cccc(CN2CCc3cc(OCC4=C(c5cccc(-n6ncc(C(=O)O)c6C(F)(F)F)n5)CCCC4)ccc3C2)n1. The predicted octanol–water partition coefficient (Wildman–Crippen LogP) is 6.65. The summed E-state index contributed by atoms with van der Waals surface area (Å²) in [4.78, 5) is 23.0. The first-order valence-corrected chi connectivity index (χ1v) is 14.6. The van der Waals surface area contributed by atoms with Gasteiger partial charge in [0.1, 0.15) is 17.9 Å². The number of aromatic nitrogens is 4. The van der Waals surface area contributed by atoms with Gasteiger partial charge in [-0.2, -0.15) is 18.3 Å². The van der Waals surface area contributed by atoms with Gasteiger partial charge in [-0.1, -0.05) is 18.2 Å². The Kier molecular flexibility index (Phi) is 8.22. The van der Waals surface area contributed by atoms with Crippen LogP contribution in [0, 0.1) is 6.92 Å². The van der Waals surface area contributed by atoms with E-state index >= 15 is 0 Å². The van der Waals surface area contributed by atoms with Crippen molar-refractivity contribution in [2.24, 2.45) is 0 Å². The lowest BCUT2D eigenvalue weighted by molar-refractivity contribution is -0.143. The fourth-order valence-corrected chi connectivity index (χ4v) is 6.00. The van der Waals surface area contributed by atoms with Gasteiger partial charge in [-0.3, -0.25) is 9.88 Å². The van der Waals surface area contributed by atoms with Gasteiger partial charge in [0.2, 0.25) is 0 Å². The second kappa shape index (κ2) is 12.2. The minimum atomic E-state index is -4.92. The summed E-state index contributed by atoms with van der Waals surface area (Å²) in [5, 5.41) is 13.0. The van der Waals surface area contributed by atoms with Crippen LogP contribution in [0.15, 0.2) is 66.4 Å². The van der Waals surface area contributed by atoms with Gasteiger partial charge in [0.15, 0.2) is 11.5 Å². The Labute approximate surface area is 252 Å². The van der Waals surface area contributed by atoms with Crippen molar-refractivity contribution < 1.29 is 27.8 Å². The molecule has 44 heavy (non-hydrogen) atoms. The van der Waals surface area contributed by atoms with Gasteiger partial charge in [-0.25, -0.2) is 14.5 Å². The molecule has 8 nitrogen and oxygen atoms in total. The van der Waals surface area contributed by atoms with Crippen LogP contribution in [-0.4, -0.2) is 48.9 Å². The van der Waals surface area contributed by atoms with Gasteiger partial charge in [0, 0.05) is 25.3 Å². The number of pyridine rings is 2. The highest BCUT2D eigenvalue weighted by Crippen LogP contribution is 2.35. The molecule has 0 radical (unpaired) electrons. The number of halogens is 3. The Morgan fingerprint density at radius 2 is 1.82 bits per heavy atom. The van der Waals surface area contributed by atoms with E-state index in [2.05, 4.69) is 38.2 Å². The summed E-state index contributed by atoms with van der Waals surface area (Å²) in [6, 6.07) is 17.1. The van der Waals surface area contributed by atoms with Crippen LogP contribution in [0.25, 0.3) is 11.4 Å². The summed E-state index contributed by atoms with van der Waals surface area (Å²) in [5.41, 5.74) is 4.88. The minimum absolute atomic E-state index is 0.0948. The molecule has 0 amide bonds. The Morgan fingerprint density at radius 3 is 2.61 bits per heavy atom. The Bertz CT molecular complexity index is 1730. The van der Waals surface area contributed by atoms with Crippen molar-refractivity contribution in [3.63, 3.8) is 0 Å². The molecule has 0 spiro atoms. The van der Waals surface area contributed by atoms with Gasteiger partial charge in [-0.05, 0) is 97.7 Å². The first kappa shape index (κ1) is 29.6. The topological polar surface area (TPSA) is 93.4 Å². The normalized spacial score (nSPS) is 15.7. The van der Waals surface area contributed by atoms with Crippen LogP contribution in [0.1, 0.15) is 69.9 Å². The van der Waals surface area contributed by atoms with E-state index in [0.29, 0.717) is 23.2 Å². The van der Waals surface area contributed by atoms with Crippen LogP contribution in [-0.2, 0) is 25.7 Å². The lowest BCUT2D eigenvalue weighted by atomic mass is 9.90. The highest BCUT2D eigenvalue weighted by atomic mass is 19.4. The number of aryl methyl sites for hydroxylation is 1. The minimum Gasteiger partial charge on any atom is -0.489 e. The van der Waals surface area contributed by atoms with Crippen molar-refractivity contribution in [2.45, 2.75) is 58.3 Å². The average molecular weight is 604 g/mol. The highest BCUT2D eigenvalue weighted by Gasteiger charge is 2.41. The van der Waals surface area contributed by atoms with E-state index in [4.69, 9.17) is 4.74 Å². The number of carboxylic acid groups (broad SMARTS) is 1. The number of benzene rings is 1. The van der Waals surface area contributed by atoms with Crippen LogP contribution in [0.4, 0.5) is 13.2 Å². The first-order valence-electron chi connectivity index (χ1n) is 14.6. The monoisotopic (exact) mass is 603 g/mol. The lowest BCUT2D eigenvalue weighted by Crippen LogP contribution is -2.30. The van der Waals surface area contributed by atoms with E-state index in [1.807, 2.05) is 25.1 Å². The maximum atomic E-state index is 13.8. The third kappa shape index (κ3) is 6.37. The number of nitrogens with zero attached hydrogens (tertiary/aromatic N) is 5. The molecule has 0 unspecified atom stereocenters. The van der Waals surface area contributed by atoms with E-state index in [1.165, 1.54) is 17.2 Å². The number of carboxylic acids is 1. The number of ether oxygens (including phenoxy) is 1. The fourth-order valence-electron chi connectivity index (χ4n) is 6.00. The van der Waals surface area contributed by atoms with Crippen molar-refractivity contribution in [2.75, 3.05) is 13.2 Å². The zero-order valence-electron chi connectivity index (χ0n) is 24.3. The molecule has 1 aromatic carbocycles. The average Bonchev–Trinajstić information content (AvgIpc) is 3.47. The van der Waals surface area contributed by atoms with Crippen molar-refractivity contribution in [3.05, 3.63) is 106 Å². The second-order valence-corrected chi connectivity index (χ2v) is 11.2. The maximum Gasteiger partial charge on any atom is 0.434 e. The van der Waals surface area contributed by atoms with E-state index in [1.54, 1.807) is 12.1 Å². The molecule has 6 rings (SSSR count). The smallest absolute Gasteiger partial charge is 0.434 e. The summed E-state index contributed by atoms with van der Waals surface area (Å²) in [7, 11) is 0. The Balaban J connectivity index is 1.19. The molecule has 0 saturated heterocycles. The van der Waals surface area contributed by atoms with Crippen LogP contribution in [0.2, 0.25) is 0 Å². The molecule has 0 bridgehead atoms. The third-order valence-electron chi connectivity index (χ3n) is 8.12. The van der Waals surface area contributed by atoms with E-state index in [0.717, 1.165) is 80.0 Å². The van der Waals surface area contributed by atoms with Crippen molar-refractivity contribution in [3.8, 4) is 11.6 Å². The number of hydrogen-bond donors (Lipinski definition) is 1. The van der Waals surface area contributed by atoms with Crippen LogP contribution in [0.3, 0.4) is 0 Å². The summed E-state index contributed by atoms with van der Waals surface area (Å²) in [5.74, 6) is -1.01. The molecule has 11 heteroatoms. The number of aromatic carboxylic acids is 1. The molecule has 0 saturated carbocycles. The second-order valence-electron chi connectivity index (χ2n) is 11.2. The van der Waals surface area contributed by atoms with Crippen LogP contribution in [0.5, 0.6) is 5.75 Å². The molecule has 0 atom stereocenters. The zero-order valence-corrected chi connectivity index (χ0v) is 24.3. The zero-order chi connectivity index (χ0) is 30.8. The van der Waals surface area contributed by atoms with E-state index in [9.17, 15) is 23.1 Å². The molecule has 4 aromatic rings. The number of carbonyl (C=O) groups is 1. The van der Waals surface area contributed by atoms with Gasteiger partial charge < -0.3 is 9.84 Å². The van der Waals surface area contributed by atoms with Crippen LogP contribution >= 0.6 is 0 Å². The molecular formula is C33H32F3N5O3. The summed E-state index contributed by atoms with van der Waals surface area (Å²) in [6.07, 6.45) is 0.129. The highest BCUT2D eigenvalue weighted by molar-refractivity contribution is 5.89. The summed E-state index contributed by atoms with van der Waals surface area (Å²) in [6.45, 7) is 4.95. The Hall–Kier alpha value is -4.51. The maximum absolute atomic E-state index is 13.8. The van der Waals surface area contributed by atoms with Gasteiger partial charge in [0.25, 0.3) is 0 Å². The molecule has 4 heterocycles. The lowest BCUT2D eigenvalue weighted by Gasteiger charge is -2.29. The van der Waals surface area contributed by atoms with Gasteiger partial charge >= 0.3 is 12.1 Å². The largest absolute Gasteiger partial charge is 0.489 e. The van der Waals surface area contributed by atoms with E-state index < -0.39 is 23.4 Å². The number of alkyl halides is 3. The number of fused-ring (bicyclic) bond motifs is 1. The van der Waals surface area contributed by atoms with E-state index in [-0.39, 0.29) is 5.82 Å². The number of hydrogen-bond acceptors (Lipinski definition) is 6. The first-order chi connectivity index (χ1) is 21.2. The van der Waals surface area contributed by atoms with Crippen molar-refractivity contribution in [1.29, 1.82) is 0 Å². The molecule has 1 aliphatic heterocycles. The summed E-state index contributed by atoms with van der Waals surface area (Å²) < 4.78 is 48.3. The molecule has 1 aliphatic carbocycles. The fraction of sp³-hybridized carbons (Fsp3) is 0.333. The molecule has 228 valence electrons. The standard InChI is InChI=1S/C33H32F3N5O3/c1-21-6-4-8-25(38-21)19-40-15-14-22-16-26(13-12-23(22)18-40)44-20-24-7-2-3-9-27(24)29-10-5-11-30(39-29)41-31(33(34,35)36)28(17-37-41)32(42)43/h4-6,8,10-13,16-17H,2-3,7,9,14-15,18-20H2,1H3,(H,42,43). The number of allylic oxidation sites excluding steroid dienone is 1. The molecular weight excluding hydrogens is 571 g/mol. The molecule has 3 aromatic heterocycles. The number of rotatable bonds is 8. The predicted molar refractivity (Wildman–Crippen MR) is 157 cm³/mol. The van der Waals surface area contributed by atoms with Gasteiger partial charge in [-0.15, -0.1) is 0 Å². The van der Waals surface area contributed by atoms with Crippen LogP contribution < -0.4 is 4.74 Å². The van der Waals surface area contributed by atoms with Crippen molar-refractivity contribution >= 4 is 11.5 Å².